The Bertz CT molecular complexity index is 1230. The van der Waals surface area contributed by atoms with Crippen LogP contribution >= 0.6 is 0 Å². The summed E-state index contributed by atoms with van der Waals surface area (Å²) in [5, 5.41) is 76.0. The number of unbranched alkanes of at least 4 members (excludes halogenated alkanes) is 32. The molecule has 0 aromatic rings. The number of carbonyl (C=O) groups excluding carboxylic acids is 1. The number of aliphatic hydroxyl groups is 7. The fraction of sp³-hybridized carbons (Fsp3) is 0.881. The van der Waals surface area contributed by atoms with E-state index < -0.39 is 74.2 Å². The van der Waals surface area contributed by atoms with Crippen molar-refractivity contribution in [1.82, 2.24) is 5.32 Å². The van der Waals surface area contributed by atoms with Gasteiger partial charge in [-0.25, -0.2) is 0 Å². The van der Waals surface area contributed by atoms with Crippen molar-refractivity contribution in [3.8, 4) is 0 Å². The van der Waals surface area contributed by atoms with Crippen LogP contribution in [0.4, 0.5) is 0 Å². The number of nitrogens with one attached hydrogen (secondary N) is 1. The van der Waals surface area contributed by atoms with Crippen molar-refractivity contribution in [3.63, 3.8) is 0 Å². The average Bonchev–Trinajstić information content (AvgIpc) is 3.36. The van der Waals surface area contributed by atoms with Gasteiger partial charge >= 0.3 is 0 Å². The molecule has 11 nitrogen and oxygen atoms in total. The molecule has 1 heterocycles. The van der Waals surface area contributed by atoms with Crippen LogP contribution in [-0.4, -0.2) is 110 Å². The van der Waals surface area contributed by atoms with E-state index in [2.05, 4.69) is 55.6 Å². The van der Waals surface area contributed by atoms with Gasteiger partial charge in [0.15, 0.2) is 6.29 Å². The van der Waals surface area contributed by atoms with Crippen molar-refractivity contribution >= 4 is 5.91 Å². The van der Waals surface area contributed by atoms with E-state index in [0.29, 0.717) is 19.3 Å². The molecule has 70 heavy (non-hydrogen) atoms. The van der Waals surface area contributed by atoms with Crippen molar-refractivity contribution in [3.05, 3.63) is 36.5 Å². The summed E-state index contributed by atoms with van der Waals surface area (Å²) in [6.07, 6.45) is 47.9. The Balaban J connectivity index is 2.24. The summed E-state index contributed by atoms with van der Waals surface area (Å²) in [5.74, 6) is -0.709. The number of ether oxygens (including phenoxy) is 2. The minimum Gasteiger partial charge on any atom is -0.394 e. The topological polar surface area (TPSA) is 189 Å². The molecular formula is C59H111NO10. The van der Waals surface area contributed by atoms with Crippen LogP contribution < -0.4 is 5.32 Å². The van der Waals surface area contributed by atoms with Crippen molar-refractivity contribution in [1.29, 1.82) is 0 Å². The number of hydrogen-bond donors (Lipinski definition) is 8. The van der Waals surface area contributed by atoms with E-state index in [1.165, 1.54) is 167 Å². The standard InChI is InChI=1S/C59H111NO10/c1-3-5-7-9-11-13-15-17-19-20-21-22-23-24-25-26-27-28-29-30-31-32-33-35-37-39-41-43-45-47-52(63)58(68)60-50(49-69-59-57(67)56(66)55(65)53(48-61)70-59)54(64)51(62)46-44-42-40-38-36-34-18-16-14-12-10-8-6-4-2/h8,10,16,18,38,40,50-57,59,61-67H,3-7,9,11-15,17,19-37,39,41-49H2,1-2H3,(H,60,68)/b10-8+,18-16+,40-38+. The van der Waals surface area contributed by atoms with Crippen molar-refractivity contribution in [2.45, 2.75) is 319 Å². The molecule has 0 saturated carbocycles. The van der Waals surface area contributed by atoms with Crippen molar-refractivity contribution < 1.29 is 50.0 Å². The molecular weight excluding hydrogens is 883 g/mol. The molecule has 0 bridgehead atoms. The SMILES string of the molecule is CCC/C=C/CC/C=C/CC/C=C/CCCC(O)C(O)C(COC1OC(CO)C(O)C(O)C1O)NC(=O)C(O)CCCCCCCCCCCCCCCCCCCCCCCCCCCCCCC. The molecule has 0 aromatic heterocycles. The number of amides is 1. The van der Waals surface area contributed by atoms with Crippen molar-refractivity contribution in [2.75, 3.05) is 13.2 Å². The fourth-order valence-corrected chi connectivity index (χ4v) is 9.37. The minimum atomic E-state index is -1.67. The van der Waals surface area contributed by atoms with Crippen LogP contribution in [0.2, 0.25) is 0 Å². The van der Waals surface area contributed by atoms with Crippen LogP contribution in [0.5, 0.6) is 0 Å². The smallest absolute Gasteiger partial charge is 0.249 e. The number of rotatable bonds is 50. The summed E-state index contributed by atoms with van der Waals surface area (Å²) in [6.45, 7) is 3.38. The zero-order chi connectivity index (χ0) is 51.1. The lowest BCUT2D eigenvalue weighted by atomic mass is 9.98. The number of carbonyl (C=O) groups is 1. The van der Waals surface area contributed by atoms with E-state index in [9.17, 15) is 40.5 Å². The van der Waals surface area contributed by atoms with E-state index in [4.69, 9.17) is 9.47 Å². The second kappa shape index (κ2) is 48.3. The lowest BCUT2D eigenvalue weighted by Crippen LogP contribution is -2.60. The van der Waals surface area contributed by atoms with E-state index >= 15 is 0 Å². The summed E-state index contributed by atoms with van der Waals surface area (Å²) in [6, 6.07) is -1.19. The van der Waals surface area contributed by atoms with Gasteiger partial charge in [-0.1, -0.05) is 243 Å². The molecule has 0 aliphatic carbocycles. The highest BCUT2D eigenvalue weighted by atomic mass is 16.7. The second-order valence-electron chi connectivity index (χ2n) is 20.7. The van der Waals surface area contributed by atoms with Gasteiger partial charge < -0.3 is 50.5 Å². The Kier molecular flexibility index (Phi) is 45.8. The monoisotopic (exact) mass is 994 g/mol. The van der Waals surface area contributed by atoms with Crippen LogP contribution in [0.25, 0.3) is 0 Å². The average molecular weight is 995 g/mol. The lowest BCUT2D eigenvalue weighted by molar-refractivity contribution is -0.303. The first-order chi connectivity index (χ1) is 34.2. The van der Waals surface area contributed by atoms with Gasteiger partial charge in [0.1, 0.15) is 36.6 Å². The van der Waals surface area contributed by atoms with Gasteiger partial charge in [0, 0.05) is 0 Å². The van der Waals surface area contributed by atoms with Crippen molar-refractivity contribution in [2.24, 2.45) is 0 Å². The first kappa shape index (κ1) is 66.3. The van der Waals surface area contributed by atoms with Gasteiger partial charge in [0.05, 0.1) is 25.4 Å². The summed E-state index contributed by atoms with van der Waals surface area (Å²) in [4.78, 5) is 13.2. The molecule has 0 spiro atoms. The Morgan fingerprint density at radius 1 is 0.486 bits per heavy atom. The Morgan fingerprint density at radius 3 is 1.27 bits per heavy atom. The molecule has 412 valence electrons. The zero-order valence-electron chi connectivity index (χ0n) is 45.0. The highest BCUT2D eigenvalue weighted by Gasteiger charge is 2.44. The minimum absolute atomic E-state index is 0.242. The molecule has 8 N–H and O–H groups in total. The lowest BCUT2D eigenvalue weighted by Gasteiger charge is -2.40. The van der Waals surface area contributed by atoms with Gasteiger partial charge in [-0.3, -0.25) is 4.79 Å². The van der Waals surface area contributed by atoms with Gasteiger partial charge in [0.25, 0.3) is 0 Å². The molecule has 1 aliphatic rings. The molecule has 9 atom stereocenters. The molecule has 1 aliphatic heterocycles. The van der Waals surface area contributed by atoms with Crippen LogP contribution in [-0.2, 0) is 14.3 Å². The third kappa shape index (κ3) is 36.3. The maximum Gasteiger partial charge on any atom is 0.249 e. The van der Waals surface area contributed by atoms with Gasteiger partial charge in [-0.15, -0.1) is 0 Å². The molecule has 0 radical (unpaired) electrons. The summed E-state index contributed by atoms with van der Waals surface area (Å²) in [7, 11) is 0. The van der Waals surface area contributed by atoms with Gasteiger partial charge in [-0.05, 0) is 57.8 Å². The maximum absolute atomic E-state index is 13.2. The van der Waals surface area contributed by atoms with E-state index in [1.54, 1.807) is 0 Å². The third-order valence-electron chi connectivity index (χ3n) is 14.1. The molecule has 1 rings (SSSR count). The Hall–Kier alpha value is -1.67. The fourth-order valence-electron chi connectivity index (χ4n) is 9.37. The molecule has 9 unspecified atom stereocenters. The Morgan fingerprint density at radius 2 is 0.871 bits per heavy atom. The van der Waals surface area contributed by atoms with Gasteiger partial charge in [-0.2, -0.15) is 0 Å². The summed E-state index contributed by atoms with van der Waals surface area (Å²) >= 11 is 0. The maximum atomic E-state index is 13.2. The van der Waals surface area contributed by atoms with Crippen LogP contribution in [0.1, 0.15) is 264 Å². The van der Waals surface area contributed by atoms with Crippen LogP contribution in [0.3, 0.4) is 0 Å². The van der Waals surface area contributed by atoms with E-state index in [1.807, 2.05) is 0 Å². The second-order valence-corrected chi connectivity index (χ2v) is 20.7. The first-order valence-corrected chi connectivity index (χ1v) is 29.4. The molecule has 1 fully saturated rings. The Labute approximate surface area is 428 Å². The summed E-state index contributed by atoms with van der Waals surface area (Å²) in [5.41, 5.74) is 0. The number of allylic oxidation sites excluding steroid dienone is 6. The molecule has 1 amide bonds. The predicted molar refractivity (Wildman–Crippen MR) is 289 cm³/mol. The number of hydrogen-bond acceptors (Lipinski definition) is 10. The zero-order valence-corrected chi connectivity index (χ0v) is 45.0. The van der Waals surface area contributed by atoms with Crippen LogP contribution in [0.15, 0.2) is 36.5 Å². The summed E-state index contributed by atoms with van der Waals surface area (Å²) < 4.78 is 11.1. The van der Waals surface area contributed by atoms with E-state index in [0.717, 1.165) is 51.4 Å². The first-order valence-electron chi connectivity index (χ1n) is 29.4. The van der Waals surface area contributed by atoms with Crippen LogP contribution in [0, 0.1) is 0 Å². The highest BCUT2D eigenvalue weighted by molar-refractivity contribution is 5.80. The third-order valence-corrected chi connectivity index (χ3v) is 14.1. The predicted octanol–water partition coefficient (Wildman–Crippen LogP) is 12.3. The normalized spacial score (nSPS) is 20.5. The molecule has 1 saturated heterocycles. The van der Waals surface area contributed by atoms with Gasteiger partial charge in [0.2, 0.25) is 5.91 Å². The largest absolute Gasteiger partial charge is 0.394 e. The van der Waals surface area contributed by atoms with E-state index in [-0.39, 0.29) is 12.8 Å². The highest BCUT2D eigenvalue weighted by Crippen LogP contribution is 2.23. The number of aliphatic hydroxyl groups excluding tert-OH is 7. The molecule has 11 heteroatoms. The quantitative estimate of drug-likeness (QED) is 0.0215. The molecule has 0 aromatic carbocycles.